The fraction of sp³-hybridized carbons (Fsp3) is 0.211. The zero-order valence-corrected chi connectivity index (χ0v) is 13.0. The molecule has 118 valence electrons. The lowest BCUT2D eigenvalue weighted by Crippen LogP contribution is -2.25. The summed E-state index contributed by atoms with van der Waals surface area (Å²) in [5, 5.41) is 5.32. The third kappa shape index (κ3) is 3.79. The highest BCUT2D eigenvalue weighted by molar-refractivity contribution is 5.91. The van der Waals surface area contributed by atoms with E-state index in [0.29, 0.717) is 24.7 Å². The molecule has 0 unspecified atom stereocenters. The van der Waals surface area contributed by atoms with Crippen LogP contribution in [-0.2, 0) is 17.8 Å². The fourth-order valence-corrected chi connectivity index (χ4v) is 2.52. The normalized spacial score (nSPS) is 10.8. The first kappa shape index (κ1) is 15.3. The van der Waals surface area contributed by atoms with Crippen LogP contribution in [0.25, 0.3) is 10.8 Å². The second kappa shape index (κ2) is 7.11. The predicted molar refractivity (Wildman–Crippen MR) is 89.4 cm³/mol. The molecule has 0 fully saturated rings. The number of rotatable bonds is 6. The standard InChI is InChI=1S/C19H19NO3/c1-22-13-17-8-9-18(23-17)19(21)20-11-10-14-6-7-15-4-2-3-5-16(15)12-14/h2-9,12H,10-11,13H2,1H3,(H,20,21). The molecule has 1 amide bonds. The molecule has 1 N–H and O–H groups in total. The minimum absolute atomic E-state index is 0.201. The number of carbonyl (C=O) groups is 1. The van der Waals surface area contributed by atoms with Crippen molar-refractivity contribution in [3.63, 3.8) is 0 Å². The molecule has 0 bridgehead atoms. The SMILES string of the molecule is COCc1ccc(C(=O)NCCc2ccc3ccccc3c2)o1. The first-order valence-electron chi connectivity index (χ1n) is 7.60. The second-order valence-electron chi connectivity index (χ2n) is 5.39. The predicted octanol–water partition coefficient (Wildman–Crippen LogP) is 3.55. The summed E-state index contributed by atoms with van der Waals surface area (Å²) in [6.45, 7) is 0.932. The maximum Gasteiger partial charge on any atom is 0.287 e. The lowest BCUT2D eigenvalue weighted by molar-refractivity contribution is 0.0917. The highest BCUT2D eigenvalue weighted by Gasteiger charge is 2.10. The molecule has 0 saturated carbocycles. The van der Waals surface area contributed by atoms with Crippen molar-refractivity contribution < 1.29 is 13.9 Å². The third-order valence-corrected chi connectivity index (χ3v) is 3.69. The van der Waals surface area contributed by atoms with Crippen molar-refractivity contribution in [3.05, 3.63) is 71.7 Å². The number of carbonyl (C=O) groups excluding carboxylic acids is 1. The van der Waals surface area contributed by atoms with E-state index in [4.69, 9.17) is 9.15 Å². The second-order valence-corrected chi connectivity index (χ2v) is 5.39. The van der Waals surface area contributed by atoms with Gasteiger partial charge in [0.2, 0.25) is 0 Å². The van der Waals surface area contributed by atoms with Crippen LogP contribution in [0.4, 0.5) is 0 Å². The molecule has 4 nitrogen and oxygen atoms in total. The summed E-state index contributed by atoms with van der Waals surface area (Å²) in [6.07, 6.45) is 0.780. The summed E-state index contributed by atoms with van der Waals surface area (Å²) in [6, 6.07) is 18.0. The monoisotopic (exact) mass is 309 g/mol. The Hall–Kier alpha value is -2.59. The van der Waals surface area contributed by atoms with Crippen molar-refractivity contribution in [2.75, 3.05) is 13.7 Å². The van der Waals surface area contributed by atoms with Crippen LogP contribution in [0.1, 0.15) is 21.9 Å². The molecule has 0 aliphatic rings. The number of amides is 1. The average Bonchev–Trinajstić information content (AvgIpc) is 3.04. The zero-order valence-electron chi connectivity index (χ0n) is 13.0. The number of benzene rings is 2. The Morgan fingerprint density at radius 1 is 1.09 bits per heavy atom. The van der Waals surface area contributed by atoms with E-state index >= 15 is 0 Å². The molecular weight excluding hydrogens is 290 g/mol. The molecule has 23 heavy (non-hydrogen) atoms. The molecule has 3 rings (SSSR count). The molecule has 0 saturated heterocycles. The van der Waals surface area contributed by atoms with Gasteiger partial charge in [-0.1, -0.05) is 42.5 Å². The van der Waals surface area contributed by atoms with E-state index in [1.807, 2.05) is 12.1 Å². The molecule has 0 aliphatic heterocycles. The van der Waals surface area contributed by atoms with Crippen molar-refractivity contribution >= 4 is 16.7 Å². The Morgan fingerprint density at radius 2 is 1.91 bits per heavy atom. The van der Waals surface area contributed by atoms with Gasteiger partial charge in [-0.15, -0.1) is 0 Å². The van der Waals surface area contributed by atoms with Crippen LogP contribution in [0.2, 0.25) is 0 Å². The van der Waals surface area contributed by atoms with Crippen molar-refractivity contribution in [1.29, 1.82) is 0 Å². The van der Waals surface area contributed by atoms with Crippen molar-refractivity contribution in [1.82, 2.24) is 5.32 Å². The highest BCUT2D eigenvalue weighted by Crippen LogP contribution is 2.16. The molecule has 3 aromatic rings. The van der Waals surface area contributed by atoms with Gasteiger partial charge in [-0.05, 0) is 34.9 Å². The number of fused-ring (bicyclic) bond motifs is 1. The Morgan fingerprint density at radius 3 is 2.74 bits per heavy atom. The molecule has 1 aromatic heterocycles. The third-order valence-electron chi connectivity index (χ3n) is 3.69. The Labute approximate surface area is 135 Å². The van der Waals surface area contributed by atoms with E-state index in [0.717, 1.165) is 6.42 Å². The molecule has 0 atom stereocenters. The first-order valence-corrected chi connectivity index (χ1v) is 7.60. The number of hydrogen-bond donors (Lipinski definition) is 1. The number of nitrogens with one attached hydrogen (secondary N) is 1. The van der Waals surface area contributed by atoms with Gasteiger partial charge in [0.05, 0.1) is 0 Å². The van der Waals surface area contributed by atoms with Gasteiger partial charge in [0, 0.05) is 13.7 Å². The summed E-state index contributed by atoms with van der Waals surface area (Å²) in [5.74, 6) is 0.760. The zero-order chi connectivity index (χ0) is 16.1. The van der Waals surface area contributed by atoms with E-state index in [1.54, 1.807) is 19.2 Å². The van der Waals surface area contributed by atoms with E-state index < -0.39 is 0 Å². The van der Waals surface area contributed by atoms with Crippen LogP contribution in [0.3, 0.4) is 0 Å². The van der Waals surface area contributed by atoms with Crippen LogP contribution < -0.4 is 5.32 Å². The topological polar surface area (TPSA) is 51.5 Å². The molecule has 0 radical (unpaired) electrons. The van der Waals surface area contributed by atoms with Gasteiger partial charge in [-0.25, -0.2) is 0 Å². The lowest BCUT2D eigenvalue weighted by Gasteiger charge is -2.05. The minimum atomic E-state index is -0.201. The van der Waals surface area contributed by atoms with Crippen LogP contribution >= 0.6 is 0 Å². The summed E-state index contributed by atoms with van der Waals surface area (Å²) in [5.41, 5.74) is 1.20. The van der Waals surface area contributed by atoms with E-state index in [-0.39, 0.29) is 5.91 Å². The largest absolute Gasteiger partial charge is 0.453 e. The van der Waals surface area contributed by atoms with Crippen LogP contribution in [0.5, 0.6) is 0 Å². The molecule has 4 heteroatoms. The maximum atomic E-state index is 12.0. The van der Waals surface area contributed by atoms with Gasteiger partial charge >= 0.3 is 0 Å². The maximum absolute atomic E-state index is 12.0. The van der Waals surface area contributed by atoms with Crippen LogP contribution in [0, 0.1) is 0 Å². The molecule has 0 aliphatic carbocycles. The van der Waals surface area contributed by atoms with Crippen molar-refractivity contribution in [2.24, 2.45) is 0 Å². The Bertz CT molecular complexity index is 807. The number of furan rings is 1. The van der Waals surface area contributed by atoms with Gasteiger partial charge in [-0.3, -0.25) is 4.79 Å². The molecular formula is C19H19NO3. The molecule has 2 aromatic carbocycles. The quantitative estimate of drug-likeness (QED) is 0.757. The number of hydrogen-bond acceptors (Lipinski definition) is 3. The summed E-state index contributed by atoms with van der Waals surface area (Å²) in [7, 11) is 1.59. The summed E-state index contributed by atoms with van der Waals surface area (Å²) >= 11 is 0. The highest BCUT2D eigenvalue weighted by atomic mass is 16.5. The van der Waals surface area contributed by atoms with Crippen molar-refractivity contribution in [2.45, 2.75) is 13.0 Å². The lowest BCUT2D eigenvalue weighted by atomic mass is 10.1. The molecule has 0 spiro atoms. The Balaban J connectivity index is 1.56. The van der Waals surface area contributed by atoms with Crippen LogP contribution in [-0.4, -0.2) is 19.6 Å². The summed E-state index contributed by atoms with van der Waals surface area (Å²) < 4.78 is 10.4. The van der Waals surface area contributed by atoms with Gasteiger partial charge < -0.3 is 14.5 Å². The van der Waals surface area contributed by atoms with Gasteiger partial charge in [0.25, 0.3) is 5.91 Å². The smallest absolute Gasteiger partial charge is 0.287 e. The van der Waals surface area contributed by atoms with Crippen LogP contribution in [0.15, 0.2) is 59.0 Å². The van der Waals surface area contributed by atoms with Gasteiger partial charge in [0.1, 0.15) is 12.4 Å². The van der Waals surface area contributed by atoms with E-state index in [9.17, 15) is 4.79 Å². The summed E-state index contributed by atoms with van der Waals surface area (Å²) in [4.78, 5) is 12.0. The Kier molecular flexibility index (Phi) is 4.74. The average molecular weight is 309 g/mol. The van der Waals surface area contributed by atoms with Crippen molar-refractivity contribution in [3.8, 4) is 0 Å². The fourth-order valence-electron chi connectivity index (χ4n) is 2.52. The first-order chi connectivity index (χ1) is 11.3. The number of ether oxygens (including phenoxy) is 1. The number of methoxy groups -OCH3 is 1. The van der Waals surface area contributed by atoms with Gasteiger partial charge in [0.15, 0.2) is 5.76 Å². The molecule has 1 heterocycles. The van der Waals surface area contributed by atoms with Gasteiger partial charge in [-0.2, -0.15) is 0 Å². The van der Waals surface area contributed by atoms with E-state index in [1.165, 1.54) is 16.3 Å². The van der Waals surface area contributed by atoms with E-state index in [2.05, 4.69) is 35.6 Å². The minimum Gasteiger partial charge on any atom is -0.453 e.